The van der Waals surface area contributed by atoms with Gasteiger partial charge in [-0.3, -0.25) is 9.59 Å². The molecule has 4 N–H and O–H groups in total. The number of rotatable bonds is 8. The lowest BCUT2D eigenvalue weighted by Gasteiger charge is -2.19. The molecule has 0 heterocycles. The monoisotopic (exact) mass is 383 g/mol. The quantitative estimate of drug-likeness (QED) is 0.653. The fourth-order valence-electron chi connectivity index (χ4n) is 2.55. The van der Waals surface area contributed by atoms with Gasteiger partial charge >= 0.3 is 0 Å². The van der Waals surface area contributed by atoms with Crippen molar-refractivity contribution < 1.29 is 14.3 Å². The highest BCUT2D eigenvalue weighted by Crippen LogP contribution is 2.22. The molecular formula is C22H29N3O3. The molecule has 0 unspecified atom stereocenters. The highest BCUT2D eigenvalue weighted by molar-refractivity contribution is 5.95. The van der Waals surface area contributed by atoms with Crippen molar-refractivity contribution in [2.45, 2.75) is 32.6 Å². The lowest BCUT2D eigenvalue weighted by molar-refractivity contribution is -0.116. The molecule has 0 aliphatic carbocycles. The van der Waals surface area contributed by atoms with Crippen molar-refractivity contribution in [2.75, 3.05) is 25.0 Å². The second-order valence-electron chi connectivity index (χ2n) is 7.54. The first-order chi connectivity index (χ1) is 13.3. The third-order valence-electron chi connectivity index (χ3n) is 4.18. The summed E-state index contributed by atoms with van der Waals surface area (Å²) in [7, 11) is 0. The third kappa shape index (κ3) is 6.70. The van der Waals surface area contributed by atoms with Crippen LogP contribution in [-0.2, 0) is 10.2 Å². The van der Waals surface area contributed by atoms with Crippen LogP contribution >= 0.6 is 0 Å². The Hall–Kier alpha value is -2.86. The van der Waals surface area contributed by atoms with E-state index >= 15 is 0 Å². The van der Waals surface area contributed by atoms with E-state index in [-0.39, 0.29) is 30.2 Å². The number of carbonyl (C=O) groups is 2. The number of hydrogen-bond acceptors (Lipinski definition) is 4. The van der Waals surface area contributed by atoms with E-state index in [1.54, 1.807) is 24.3 Å². The molecule has 0 fully saturated rings. The van der Waals surface area contributed by atoms with Crippen LogP contribution in [0.2, 0.25) is 0 Å². The van der Waals surface area contributed by atoms with E-state index in [4.69, 9.17) is 10.5 Å². The molecule has 0 aliphatic rings. The predicted molar refractivity (Wildman–Crippen MR) is 112 cm³/mol. The largest absolute Gasteiger partial charge is 0.492 e. The Morgan fingerprint density at radius 2 is 1.64 bits per heavy atom. The maximum Gasteiger partial charge on any atom is 0.251 e. The molecule has 150 valence electrons. The van der Waals surface area contributed by atoms with Gasteiger partial charge in [0.1, 0.15) is 12.4 Å². The molecule has 0 saturated heterocycles. The van der Waals surface area contributed by atoms with E-state index < -0.39 is 0 Å². The standard InChI is InChI=1S/C22H29N3O3/c1-22(2,3)17-6-4-16(5-7-17)21(27)24-14-12-20(26)25-18-8-10-19(11-9-18)28-15-13-23/h4-11H,12-15,23H2,1-3H3,(H,24,27)(H,25,26). The van der Waals surface area contributed by atoms with E-state index in [1.807, 2.05) is 24.3 Å². The fraction of sp³-hybridized carbons (Fsp3) is 0.364. The van der Waals surface area contributed by atoms with Crippen molar-refractivity contribution >= 4 is 17.5 Å². The van der Waals surface area contributed by atoms with Gasteiger partial charge in [0.15, 0.2) is 0 Å². The zero-order valence-electron chi connectivity index (χ0n) is 16.7. The van der Waals surface area contributed by atoms with Crippen LogP contribution in [0, 0.1) is 0 Å². The van der Waals surface area contributed by atoms with Crippen LogP contribution in [0.15, 0.2) is 48.5 Å². The summed E-state index contributed by atoms with van der Waals surface area (Å²) >= 11 is 0. The summed E-state index contributed by atoms with van der Waals surface area (Å²) in [5.74, 6) is 0.349. The zero-order valence-corrected chi connectivity index (χ0v) is 16.7. The minimum absolute atomic E-state index is 0.0435. The molecule has 0 radical (unpaired) electrons. The first kappa shape index (κ1) is 21.4. The average molecular weight is 383 g/mol. The van der Waals surface area contributed by atoms with E-state index in [9.17, 15) is 9.59 Å². The van der Waals surface area contributed by atoms with Gasteiger partial charge in [0.25, 0.3) is 5.91 Å². The first-order valence-corrected chi connectivity index (χ1v) is 9.41. The Morgan fingerprint density at radius 3 is 2.21 bits per heavy atom. The van der Waals surface area contributed by atoms with Gasteiger partial charge < -0.3 is 21.1 Å². The minimum Gasteiger partial charge on any atom is -0.492 e. The summed E-state index contributed by atoms with van der Waals surface area (Å²) in [6.45, 7) is 7.54. The van der Waals surface area contributed by atoms with E-state index in [1.165, 1.54) is 5.56 Å². The number of anilines is 1. The topological polar surface area (TPSA) is 93.5 Å². The van der Waals surface area contributed by atoms with E-state index in [0.717, 1.165) is 0 Å². The molecule has 28 heavy (non-hydrogen) atoms. The second kappa shape index (κ2) is 9.90. The SMILES string of the molecule is CC(C)(C)c1ccc(C(=O)NCCC(=O)Nc2ccc(OCCN)cc2)cc1. The van der Waals surface area contributed by atoms with Crippen molar-refractivity contribution in [3.8, 4) is 5.75 Å². The number of nitrogens with two attached hydrogens (primary N) is 1. The van der Waals surface area contributed by atoms with E-state index in [0.29, 0.717) is 30.2 Å². The van der Waals surface area contributed by atoms with Crippen molar-refractivity contribution in [1.29, 1.82) is 0 Å². The molecule has 0 aliphatic heterocycles. The molecule has 0 bridgehead atoms. The summed E-state index contributed by atoms with van der Waals surface area (Å²) < 4.78 is 5.39. The zero-order chi connectivity index (χ0) is 20.6. The number of nitrogens with one attached hydrogen (secondary N) is 2. The summed E-state index contributed by atoms with van der Waals surface area (Å²) in [5.41, 5.74) is 7.86. The maximum atomic E-state index is 12.2. The summed E-state index contributed by atoms with van der Waals surface area (Å²) in [6.07, 6.45) is 0.192. The van der Waals surface area contributed by atoms with Crippen LogP contribution < -0.4 is 21.1 Å². The molecule has 2 aromatic rings. The molecule has 0 aromatic heterocycles. The number of hydrogen-bond donors (Lipinski definition) is 3. The normalized spacial score (nSPS) is 11.0. The van der Waals surface area contributed by atoms with Crippen LogP contribution in [0.5, 0.6) is 5.75 Å². The number of ether oxygens (including phenoxy) is 1. The molecular weight excluding hydrogens is 354 g/mol. The van der Waals surface area contributed by atoms with Crippen molar-refractivity contribution in [3.63, 3.8) is 0 Å². The van der Waals surface area contributed by atoms with Crippen LogP contribution in [0.25, 0.3) is 0 Å². The highest BCUT2D eigenvalue weighted by Gasteiger charge is 2.14. The molecule has 0 spiro atoms. The molecule has 2 amide bonds. The molecule has 0 atom stereocenters. The molecule has 2 aromatic carbocycles. The van der Waals surface area contributed by atoms with Gasteiger partial charge in [-0.25, -0.2) is 0 Å². The summed E-state index contributed by atoms with van der Waals surface area (Å²) in [4.78, 5) is 24.2. The predicted octanol–water partition coefficient (Wildman–Crippen LogP) is 3.08. The van der Waals surface area contributed by atoms with Gasteiger partial charge in [-0.1, -0.05) is 32.9 Å². The Bertz CT molecular complexity index is 778. The van der Waals surface area contributed by atoms with Gasteiger partial charge in [0, 0.05) is 30.8 Å². The van der Waals surface area contributed by atoms with Gasteiger partial charge in [-0.2, -0.15) is 0 Å². The van der Waals surface area contributed by atoms with E-state index in [2.05, 4.69) is 31.4 Å². The lowest BCUT2D eigenvalue weighted by atomic mass is 9.87. The Kier molecular flexibility index (Phi) is 7.58. The van der Waals surface area contributed by atoms with Crippen LogP contribution in [0.1, 0.15) is 43.1 Å². The molecule has 2 rings (SSSR count). The van der Waals surface area contributed by atoms with Crippen molar-refractivity contribution in [1.82, 2.24) is 5.32 Å². The Labute approximate surface area is 166 Å². The number of amides is 2. The molecule has 6 heteroatoms. The fourth-order valence-corrected chi connectivity index (χ4v) is 2.55. The Balaban J connectivity index is 1.76. The van der Waals surface area contributed by atoms with Gasteiger partial charge in [-0.05, 0) is 47.4 Å². The third-order valence-corrected chi connectivity index (χ3v) is 4.18. The lowest BCUT2D eigenvalue weighted by Crippen LogP contribution is -2.27. The summed E-state index contributed by atoms with van der Waals surface area (Å²) in [6, 6.07) is 14.6. The number of carbonyl (C=O) groups excluding carboxylic acids is 2. The van der Waals surface area contributed by atoms with Gasteiger partial charge in [-0.15, -0.1) is 0 Å². The van der Waals surface area contributed by atoms with Crippen LogP contribution in [0.4, 0.5) is 5.69 Å². The Morgan fingerprint density at radius 1 is 1.00 bits per heavy atom. The second-order valence-corrected chi connectivity index (χ2v) is 7.54. The molecule has 6 nitrogen and oxygen atoms in total. The van der Waals surface area contributed by atoms with Crippen molar-refractivity contribution in [3.05, 3.63) is 59.7 Å². The molecule has 0 saturated carbocycles. The maximum absolute atomic E-state index is 12.2. The van der Waals surface area contributed by atoms with Crippen molar-refractivity contribution in [2.24, 2.45) is 5.73 Å². The van der Waals surface area contributed by atoms with Gasteiger partial charge in [0.05, 0.1) is 0 Å². The summed E-state index contributed by atoms with van der Waals surface area (Å²) in [5, 5.41) is 5.57. The minimum atomic E-state index is -0.185. The average Bonchev–Trinajstić information content (AvgIpc) is 2.67. The highest BCUT2D eigenvalue weighted by atomic mass is 16.5. The van der Waals surface area contributed by atoms with Crippen LogP contribution in [0.3, 0.4) is 0 Å². The first-order valence-electron chi connectivity index (χ1n) is 9.41. The van der Waals surface area contributed by atoms with Gasteiger partial charge in [0.2, 0.25) is 5.91 Å². The number of benzene rings is 2. The van der Waals surface area contributed by atoms with Crippen LogP contribution in [-0.4, -0.2) is 31.5 Å². The smallest absolute Gasteiger partial charge is 0.251 e.